The molecular weight excluding hydrogens is 284 g/mol. The first kappa shape index (κ1) is 15.0. The van der Waals surface area contributed by atoms with Gasteiger partial charge in [-0.2, -0.15) is 0 Å². The van der Waals surface area contributed by atoms with Gasteiger partial charge in [-0.25, -0.2) is 12.7 Å². The molecular formula is C16H24N2O2S. The third-order valence-corrected chi connectivity index (χ3v) is 6.63. The Balaban J connectivity index is 1.63. The van der Waals surface area contributed by atoms with E-state index >= 15 is 0 Å². The molecule has 3 rings (SSSR count). The second-order valence-electron chi connectivity index (χ2n) is 6.38. The summed E-state index contributed by atoms with van der Waals surface area (Å²) in [4.78, 5) is 0. The summed E-state index contributed by atoms with van der Waals surface area (Å²) in [5.41, 5.74) is 4.11. The van der Waals surface area contributed by atoms with E-state index < -0.39 is 10.0 Å². The topological polar surface area (TPSA) is 49.4 Å². The van der Waals surface area contributed by atoms with Crippen molar-refractivity contribution >= 4 is 10.0 Å². The van der Waals surface area contributed by atoms with Gasteiger partial charge >= 0.3 is 0 Å². The zero-order valence-electron chi connectivity index (χ0n) is 12.8. The molecule has 1 saturated heterocycles. The number of hydrogen-bond donors (Lipinski definition) is 1. The Labute approximate surface area is 127 Å². The highest BCUT2D eigenvalue weighted by Gasteiger charge is 2.30. The van der Waals surface area contributed by atoms with Gasteiger partial charge in [0.1, 0.15) is 0 Å². The number of fused-ring (bicyclic) bond motifs is 1. The molecule has 1 heterocycles. The fourth-order valence-electron chi connectivity index (χ4n) is 3.56. The van der Waals surface area contributed by atoms with E-state index in [9.17, 15) is 8.42 Å². The van der Waals surface area contributed by atoms with Crippen LogP contribution in [0.2, 0.25) is 0 Å². The number of nitrogens with zero attached hydrogens (tertiary/aromatic N) is 1. The van der Waals surface area contributed by atoms with Gasteiger partial charge in [-0.05, 0) is 36.8 Å². The molecule has 1 aromatic carbocycles. The standard InChI is InChI=1S/C16H24N2O2S/c1-12-4-5-14-11-13(2)16(15(14)10-12)17-6-8-18-7-3-9-21(18,19)20/h4-5,10,13,16-17H,3,6-9,11H2,1-2H3/t13-,16+/m1/s1. The first-order chi connectivity index (χ1) is 9.97. The first-order valence-electron chi connectivity index (χ1n) is 7.78. The summed E-state index contributed by atoms with van der Waals surface area (Å²) < 4.78 is 25.2. The number of rotatable bonds is 4. The molecule has 0 saturated carbocycles. The minimum absolute atomic E-state index is 0.314. The molecule has 1 aromatic rings. The van der Waals surface area contributed by atoms with Gasteiger partial charge in [-0.1, -0.05) is 30.7 Å². The van der Waals surface area contributed by atoms with Crippen molar-refractivity contribution in [1.82, 2.24) is 9.62 Å². The van der Waals surface area contributed by atoms with Crippen LogP contribution in [0.5, 0.6) is 0 Å². The van der Waals surface area contributed by atoms with Crippen molar-refractivity contribution in [2.45, 2.75) is 32.7 Å². The quantitative estimate of drug-likeness (QED) is 0.923. The smallest absolute Gasteiger partial charge is 0.214 e. The summed E-state index contributed by atoms with van der Waals surface area (Å²) >= 11 is 0. The lowest BCUT2D eigenvalue weighted by atomic mass is 10.0. The van der Waals surface area contributed by atoms with Crippen molar-refractivity contribution in [2.75, 3.05) is 25.4 Å². The molecule has 0 aromatic heterocycles. The molecule has 2 aliphatic rings. The Morgan fingerprint density at radius 3 is 2.90 bits per heavy atom. The van der Waals surface area contributed by atoms with Gasteiger partial charge < -0.3 is 5.32 Å². The third kappa shape index (κ3) is 3.00. The lowest BCUT2D eigenvalue weighted by Crippen LogP contribution is -2.35. The number of nitrogens with one attached hydrogen (secondary N) is 1. The Hall–Kier alpha value is -0.910. The van der Waals surface area contributed by atoms with Crippen LogP contribution in [0, 0.1) is 12.8 Å². The van der Waals surface area contributed by atoms with Gasteiger partial charge in [0.05, 0.1) is 5.75 Å². The van der Waals surface area contributed by atoms with Gasteiger partial charge in [-0.15, -0.1) is 0 Å². The largest absolute Gasteiger partial charge is 0.308 e. The van der Waals surface area contributed by atoms with E-state index in [1.165, 1.54) is 16.7 Å². The minimum Gasteiger partial charge on any atom is -0.308 e. The van der Waals surface area contributed by atoms with Crippen molar-refractivity contribution in [1.29, 1.82) is 0 Å². The molecule has 1 fully saturated rings. The van der Waals surface area contributed by atoms with Crippen LogP contribution in [-0.2, 0) is 16.4 Å². The first-order valence-corrected chi connectivity index (χ1v) is 9.39. The summed E-state index contributed by atoms with van der Waals surface area (Å²) in [6.07, 6.45) is 1.87. The maximum atomic E-state index is 11.8. The predicted octanol–water partition coefficient (Wildman–Crippen LogP) is 1.85. The second-order valence-corrected chi connectivity index (χ2v) is 8.47. The zero-order chi connectivity index (χ0) is 15.0. The van der Waals surface area contributed by atoms with E-state index in [1.807, 2.05) is 0 Å². The second kappa shape index (κ2) is 5.71. The maximum Gasteiger partial charge on any atom is 0.214 e. The van der Waals surface area contributed by atoms with E-state index in [-0.39, 0.29) is 0 Å². The van der Waals surface area contributed by atoms with Crippen LogP contribution < -0.4 is 5.32 Å². The lowest BCUT2D eigenvalue weighted by Gasteiger charge is -2.21. The molecule has 0 amide bonds. The van der Waals surface area contributed by atoms with Gasteiger partial charge in [0.15, 0.2) is 0 Å². The van der Waals surface area contributed by atoms with Crippen LogP contribution in [0.1, 0.15) is 36.1 Å². The van der Waals surface area contributed by atoms with Gasteiger partial charge in [0.2, 0.25) is 10.0 Å². The normalized spacial score (nSPS) is 27.9. The third-order valence-electron chi connectivity index (χ3n) is 4.68. The van der Waals surface area contributed by atoms with Crippen LogP contribution in [0.15, 0.2) is 18.2 Å². The summed E-state index contributed by atoms with van der Waals surface area (Å²) in [6, 6.07) is 7.02. The molecule has 0 radical (unpaired) electrons. The molecule has 4 nitrogen and oxygen atoms in total. The molecule has 0 unspecified atom stereocenters. The molecule has 0 spiro atoms. The monoisotopic (exact) mass is 308 g/mol. The average molecular weight is 308 g/mol. The van der Waals surface area contributed by atoms with E-state index in [1.54, 1.807) is 4.31 Å². The van der Waals surface area contributed by atoms with E-state index in [0.717, 1.165) is 19.4 Å². The van der Waals surface area contributed by atoms with Crippen molar-refractivity contribution < 1.29 is 8.42 Å². The predicted molar refractivity (Wildman–Crippen MR) is 84.8 cm³/mol. The average Bonchev–Trinajstić information content (AvgIpc) is 2.90. The van der Waals surface area contributed by atoms with E-state index in [2.05, 4.69) is 37.4 Å². The van der Waals surface area contributed by atoms with Gasteiger partial charge in [0, 0.05) is 25.7 Å². The molecule has 1 aliphatic heterocycles. The number of benzene rings is 1. The van der Waals surface area contributed by atoms with Crippen LogP contribution in [0.25, 0.3) is 0 Å². The van der Waals surface area contributed by atoms with Gasteiger partial charge in [0.25, 0.3) is 0 Å². The fraction of sp³-hybridized carbons (Fsp3) is 0.625. The highest BCUT2D eigenvalue weighted by molar-refractivity contribution is 7.89. The highest BCUT2D eigenvalue weighted by atomic mass is 32.2. The van der Waals surface area contributed by atoms with E-state index in [0.29, 0.717) is 30.8 Å². The van der Waals surface area contributed by atoms with Crippen molar-refractivity contribution in [3.05, 3.63) is 34.9 Å². The van der Waals surface area contributed by atoms with Crippen LogP contribution in [0.4, 0.5) is 0 Å². The summed E-state index contributed by atoms with van der Waals surface area (Å²) in [6.45, 7) is 6.38. The Morgan fingerprint density at radius 1 is 1.38 bits per heavy atom. The van der Waals surface area contributed by atoms with E-state index in [4.69, 9.17) is 0 Å². The molecule has 0 bridgehead atoms. The van der Waals surface area contributed by atoms with Crippen molar-refractivity contribution in [3.8, 4) is 0 Å². The Morgan fingerprint density at radius 2 is 2.19 bits per heavy atom. The van der Waals surface area contributed by atoms with Crippen LogP contribution in [0.3, 0.4) is 0 Å². The highest BCUT2D eigenvalue weighted by Crippen LogP contribution is 2.36. The molecule has 1 aliphatic carbocycles. The zero-order valence-corrected chi connectivity index (χ0v) is 13.6. The summed E-state index contributed by atoms with van der Waals surface area (Å²) in [7, 11) is -2.97. The minimum atomic E-state index is -2.97. The van der Waals surface area contributed by atoms with Crippen LogP contribution in [-0.4, -0.2) is 38.1 Å². The van der Waals surface area contributed by atoms with Crippen LogP contribution >= 0.6 is 0 Å². The number of sulfonamides is 1. The molecule has 116 valence electrons. The summed E-state index contributed by atoms with van der Waals surface area (Å²) in [5, 5.41) is 3.57. The SMILES string of the molecule is Cc1ccc2c(c1)[C@@H](NCCN1CCCS1(=O)=O)[C@H](C)C2. The Kier molecular flexibility index (Phi) is 4.08. The maximum absolute atomic E-state index is 11.8. The van der Waals surface area contributed by atoms with Gasteiger partial charge in [-0.3, -0.25) is 0 Å². The molecule has 1 N–H and O–H groups in total. The molecule has 2 atom stereocenters. The fourth-order valence-corrected chi connectivity index (χ4v) is 5.09. The lowest BCUT2D eigenvalue weighted by molar-refractivity contribution is 0.378. The molecule has 5 heteroatoms. The number of aryl methyl sites for hydroxylation is 1. The number of hydrogen-bond acceptors (Lipinski definition) is 3. The Bertz CT molecular complexity index is 627. The molecule has 21 heavy (non-hydrogen) atoms. The van der Waals surface area contributed by atoms with Crippen molar-refractivity contribution in [3.63, 3.8) is 0 Å². The summed E-state index contributed by atoms with van der Waals surface area (Å²) in [5.74, 6) is 0.881. The van der Waals surface area contributed by atoms with Crippen molar-refractivity contribution in [2.24, 2.45) is 5.92 Å².